The standard InChI is InChI=1S/C20H16ClF3N4/c21-17-2-1-9-26-19(17)28-11-8-16-13(12-28)7-10-25-18(16)27-15-5-3-14(4-6-15)20(22,23)24/h1-7,9-10H,8,11-12H2,(H,25,27). The number of nitrogens with one attached hydrogen (secondary N) is 1. The molecule has 3 heterocycles. The second kappa shape index (κ2) is 7.31. The number of pyridine rings is 2. The lowest BCUT2D eigenvalue weighted by molar-refractivity contribution is -0.137. The molecule has 0 spiro atoms. The van der Waals surface area contributed by atoms with E-state index in [1.54, 1.807) is 18.5 Å². The van der Waals surface area contributed by atoms with Crippen LogP contribution in [-0.2, 0) is 19.1 Å². The second-order valence-electron chi connectivity index (χ2n) is 6.48. The van der Waals surface area contributed by atoms with Crippen molar-refractivity contribution in [3.8, 4) is 0 Å². The van der Waals surface area contributed by atoms with E-state index in [4.69, 9.17) is 11.6 Å². The van der Waals surface area contributed by atoms with Gasteiger partial charge in [0.15, 0.2) is 0 Å². The van der Waals surface area contributed by atoms with E-state index in [0.29, 0.717) is 23.1 Å². The first-order valence-electron chi connectivity index (χ1n) is 8.68. The Morgan fingerprint density at radius 2 is 1.79 bits per heavy atom. The maximum absolute atomic E-state index is 12.7. The molecule has 4 nitrogen and oxygen atoms in total. The molecule has 0 radical (unpaired) electrons. The Morgan fingerprint density at radius 1 is 1.00 bits per heavy atom. The van der Waals surface area contributed by atoms with Crippen LogP contribution in [0.4, 0.5) is 30.5 Å². The molecule has 2 aromatic heterocycles. The minimum absolute atomic E-state index is 0.559. The third kappa shape index (κ3) is 3.75. The molecule has 0 fully saturated rings. The van der Waals surface area contributed by atoms with E-state index in [2.05, 4.69) is 20.2 Å². The highest BCUT2D eigenvalue weighted by Crippen LogP contribution is 2.33. The lowest BCUT2D eigenvalue weighted by Crippen LogP contribution is -2.31. The zero-order valence-corrected chi connectivity index (χ0v) is 15.4. The van der Waals surface area contributed by atoms with Gasteiger partial charge < -0.3 is 10.2 Å². The van der Waals surface area contributed by atoms with Crippen molar-refractivity contribution in [2.24, 2.45) is 0 Å². The summed E-state index contributed by atoms with van der Waals surface area (Å²) in [5.41, 5.74) is 2.01. The summed E-state index contributed by atoms with van der Waals surface area (Å²) in [5, 5.41) is 3.74. The molecule has 1 N–H and O–H groups in total. The lowest BCUT2D eigenvalue weighted by Gasteiger charge is -2.31. The Labute approximate surface area is 165 Å². The van der Waals surface area contributed by atoms with Crippen molar-refractivity contribution in [2.45, 2.75) is 19.1 Å². The average Bonchev–Trinajstić information content (AvgIpc) is 2.68. The maximum atomic E-state index is 12.7. The van der Waals surface area contributed by atoms with Crippen molar-refractivity contribution < 1.29 is 13.2 Å². The SMILES string of the molecule is FC(F)(F)c1ccc(Nc2nccc3c2CCN(c2ncccc2Cl)C3)cc1. The molecular formula is C20H16ClF3N4. The van der Waals surface area contributed by atoms with Gasteiger partial charge in [0.2, 0.25) is 0 Å². The highest BCUT2D eigenvalue weighted by molar-refractivity contribution is 6.32. The van der Waals surface area contributed by atoms with Gasteiger partial charge in [-0.1, -0.05) is 11.6 Å². The molecule has 8 heteroatoms. The van der Waals surface area contributed by atoms with Gasteiger partial charge in [-0.25, -0.2) is 9.97 Å². The zero-order valence-electron chi connectivity index (χ0n) is 14.7. The summed E-state index contributed by atoms with van der Waals surface area (Å²) in [7, 11) is 0. The summed E-state index contributed by atoms with van der Waals surface area (Å²) in [5.74, 6) is 1.40. The molecule has 1 aromatic carbocycles. The maximum Gasteiger partial charge on any atom is 0.416 e. The van der Waals surface area contributed by atoms with Gasteiger partial charge in [0, 0.05) is 36.7 Å². The lowest BCUT2D eigenvalue weighted by atomic mass is 10.0. The number of benzene rings is 1. The highest BCUT2D eigenvalue weighted by atomic mass is 35.5. The summed E-state index contributed by atoms with van der Waals surface area (Å²) in [4.78, 5) is 10.8. The Hall–Kier alpha value is -2.80. The summed E-state index contributed by atoms with van der Waals surface area (Å²) >= 11 is 6.26. The monoisotopic (exact) mass is 404 g/mol. The number of fused-ring (bicyclic) bond motifs is 1. The number of nitrogens with zero attached hydrogens (tertiary/aromatic N) is 3. The molecule has 1 aliphatic rings. The first kappa shape index (κ1) is 18.6. The van der Waals surface area contributed by atoms with E-state index in [1.165, 1.54) is 12.1 Å². The van der Waals surface area contributed by atoms with Crippen LogP contribution in [0.25, 0.3) is 0 Å². The van der Waals surface area contributed by atoms with Crippen LogP contribution < -0.4 is 10.2 Å². The van der Waals surface area contributed by atoms with Crippen LogP contribution in [0.15, 0.2) is 54.9 Å². The van der Waals surface area contributed by atoms with E-state index >= 15 is 0 Å². The molecule has 144 valence electrons. The molecular weight excluding hydrogens is 389 g/mol. The van der Waals surface area contributed by atoms with Gasteiger partial charge in [0.1, 0.15) is 11.6 Å². The van der Waals surface area contributed by atoms with Gasteiger partial charge in [-0.15, -0.1) is 0 Å². The largest absolute Gasteiger partial charge is 0.416 e. The molecule has 4 rings (SSSR count). The van der Waals surface area contributed by atoms with Crippen LogP contribution in [0, 0.1) is 0 Å². The van der Waals surface area contributed by atoms with Gasteiger partial charge in [0.25, 0.3) is 0 Å². The van der Waals surface area contributed by atoms with Gasteiger partial charge in [-0.2, -0.15) is 13.2 Å². The number of hydrogen-bond donors (Lipinski definition) is 1. The Morgan fingerprint density at radius 3 is 2.50 bits per heavy atom. The molecule has 0 atom stereocenters. The zero-order chi connectivity index (χ0) is 19.7. The fraction of sp³-hybridized carbons (Fsp3) is 0.200. The first-order chi connectivity index (χ1) is 13.4. The number of rotatable bonds is 3. The van der Waals surface area contributed by atoms with E-state index < -0.39 is 11.7 Å². The Bertz CT molecular complexity index is 989. The minimum atomic E-state index is -4.35. The van der Waals surface area contributed by atoms with Gasteiger partial charge in [-0.05, 0) is 54.4 Å². The summed E-state index contributed by atoms with van der Waals surface area (Å²) in [6, 6.07) is 10.5. The van der Waals surface area contributed by atoms with Crippen LogP contribution in [-0.4, -0.2) is 16.5 Å². The van der Waals surface area contributed by atoms with Crippen molar-refractivity contribution in [3.05, 3.63) is 76.6 Å². The van der Waals surface area contributed by atoms with Crippen LogP contribution in [0.5, 0.6) is 0 Å². The predicted molar refractivity (Wildman–Crippen MR) is 103 cm³/mol. The van der Waals surface area contributed by atoms with Crippen molar-refractivity contribution in [3.63, 3.8) is 0 Å². The smallest absolute Gasteiger partial charge is 0.351 e. The van der Waals surface area contributed by atoms with Crippen LogP contribution in [0.1, 0.15) is 16.7 Å². The number of hydrogen-bond acceptors (Lipinski definition) is 4. The molecule has 0 saturated carbocycles. The average molecular weight is 405 g/mol. The molecule has 1 aliphatic heterocycles. The van der Waals surface area contributed by atoms with E-state index in [1.807, 2.05) is 12.1 Å². The van der Waals surface area contributed by atoms with E-state index in [9.17, 15) is 13.2 Å². The molecule has 0 unspecified atom stereocenters. The third-order valence-corrected chi connectivity index (χ3v) is 4.95. The van der Waals surface area contributed by atoms with E-state index in [0.717, 1.165) is 42.0 Å². The third-order valence-electron chi connectivity index (χ3n) is 4.66. The molecule has 3 aromatic rings. The fourth-order valence-corrected chi connectivity index (χ4v) is 3.51. The van der Waals surface area contributed by atoms with Gasteiger partial charge in [-0.3, -0.25) is 0 Å². The highest BCUT2D eigenvalue weighted by Gasteiger charge is 2.30. The van der Waals surface area contributed by atoms with Crippen molar-refractivity contribution in [1.82, 2.24) is 9.97 Å². The molecule has 0 saturated heterocycles. The van der Waals surface area contributed by atoms with E-state index in [-0.39, 0.29) is 0 Å². The molecule has 28 heavy (non-hydrogen) atoms. The van der Waals surface area contributed by atoms with Gasteiger partial charge in [0.05, 0.1) is 10.6 Å². The Kier molecular flexibility index (Phi) is 4.85. The van der Waals surface area contributed by atoms with Crippen molar-refractivity contribution >= 4 is 28.9 Å². The molecule has 0 aliphatic carbocycles. The van der Waals surface area contributed by atoms with Crippen molar-refractivity contribution in [1.29, 1.82) is 0 Å². The van der Waals surface area contributed by atoms with Gasteiger partial charge >= 0.3 is 6.18 Å². The number of alkyl halides is 3. The Balaban J connectivity index is 1.56. The second-order valence-corrected chi connectivity index (χ2v) is 6.88. The summed E-state index contributed by atoms with van der Waals surface area (Å²) in [6.45, 7) is 1.35. The van der Waals surface area contributed by atoms with Crippen molar-refractivity contribution in [2.75, 3.05) is 16.8 Å². The summed E-state index contributed by atoms with van der Waals surface area (Å²) in [6.07, 6.45) is -0.229. The molecule has 0 bridgehead atoms. The number of aromatic nitrogens is 2. The van der Waals surface area contributed by atoms with Crippen LogP contribution in [0.2, 0.25) is 5.02 Å². The predicted octanol–water partition coefficient (Wildman–Crippen LogP) is 5.46. The molecule has 0 amide bonds. The first-order valence-corrected chi connectivity index (χ1v) is 9.06. The normalized spacial score (nSPS) is 13.9. The topological polar surface area (TPSA) is 41.1 Å². The minimum Gasteiger partial charge on any atom is -0.351 e. The number of halogens is 4. The van der Waals surface area contributed by atoms with Crippen LogP contribution in [0.3, 0.4) is 0 Å². The fourth-order valence-electron chi connectivity index (χ4n) is 3.27. The summed E-state index contributed by atoms with van der Waals surface area (Å²) < 4.78 is 38.2. The van der Waals surface area contributed by atoms with Crippen LogP contribution >= 0.6 is 11.6 Å². The quantitative estimate of drug-likeness (QED) is 0.629. The number of anilines is 3.